The molecule has 126 valence electrons. The Morgan fingerprint density at radius 3 is 3.00 bits per heavy atom. The van der Waals surface area contributed by atoms with Crippen molar-refractivity contribution in [2.24, 2.45) is 4.99 Å². The smallest absolute Gasteiger partial charge is 0.264 e. The number of aliphatic imine (C=N–C) groups is 1. The topological polar surface area (TPSA) is 79.6 Å². The molecule has 0 spiro atoms. The summed E-state index contributed by atoms with van der Waals surface area (Å²) in [4.78, 5) is 19.0. The lowest BCUT2D eigenvalue weighted by atomic mass is 10.2. The Hall–Kier alpha value is -2.25. The van der Waals surface area contributed by atoms with E-state index in [0.29, 0.717) is 12.2 Å². The molecule has 3 rings (SSSR count). The van der Waals surface area contributed by atoms with Gasteiger partial charge in [-0.2, -0.15) is 0 Å². The Balaban J connectivity index is 2.00. The van der Waals surface area contributed by atoms with E-state index in [2.05, 4.69) is 9.98 Å². The molecule has 6 nitrogen and oxygen atoms in total. The predicted molar refractivity (Wildman–Crippen MR) is 95.1 cm³/mol. The summed E-state index contributed by atoms with van der Waals surface area (Å²) in [5.74, 6) is -0.214. The summed E-state index contributed by atoms with van der Waals surface area (Å²) in [5, 5.41) is 10.6. The SMILES string of the molecule is Cc1ccccc1-n1c(O)c(C=NC[C@H]2CCCO2)c(=O)[nH]c1=S. The second kappa shape index (κ2) is 7.11. The van der Waals surface area contributed by atoms with Crippen molar-refractivity contribution in [2.75, 3.05) is 13.2 Å². The third-order valence-electron chi connectivity index (χ3n) is 4.03. The summed E-state index contributed by atoms with van der Waals surface area (Å²) >= 11 is 5.21. The number of hydrogen-bond donors (Lipinski definition) is 2. The van der Waals surface area contributed by atoms with E-state index in [-0.39, 0.29) is 22.3 Å². The normalized spacial score (nSPS) is 17.6. The second-order valence-electron chi connectivity index (χ2n) is 5.75. The van der Waals surface area contributed by atoms with Gasteiger partial charge in [0, 0.05) is 12.8 Å². The van der Waals surface area contributed by atoms with Crippen molar-refractivity contribution in [3.05, 3.63) is 50.5 Å². The number of H-pyrrole nitrogens is 1. The maximum Gasteiger partial charge on any atom is 0.264 e. The lowest BCUT2D eigenvalue weighted by molar-refractivity contribution is 0.118. The van der Waals surface area contributed by atoms with Gasteiger partial charge in [-0.15, -0.1) is 0 Å². The molecule has 1 atom stereocenters. The minimum atomic E-state index is -0.460. The zero-order valence-electron chi connectivity index (χ0n) is 13.4. The summed E-state index contributed by atoms with van der Waals surface area (Å²) in [6.45, 7) is 3.13. The van der Waals surface area contributed by atoms with Crippen molar-refractivity contribution in [3.63, 3.8) is 0 Å². The van der Waals surface area contributed by atoms with Gasteiger partial charge in [0.25, 0.3) is 5.56 Å². The van der Waals surface area contributed by atoms with Gasteiger partial charge in [0.2, 0.25) is 5.88 Å². The number of nitrogens with zero attached hydrogens (tertiary/aromatic N) is 2. The first-order chi connectivity index (χ1) is 11.6. The Bertz CT molecular complexity index is 879. The number of para-hydroxylation sites is 1. The molecule has 1 aromatic carbocycles. The fraction of sp³-hybridized carbons (Fsp3) is 0.353. The van der Waals surface area contributed by atoms with Crippen LogP contribution in [0, 0.1) is 11.7 Å². The number of aryl methyl sites for hydroxylation is 1. The molecule has 0 amide bonds. The van der Waals surface area contributed by atoms with Crippen LogP contribution in [0.15, 0.2) is 34.1 Å². The molecule has 0 aliphatic carbocycles. The molecular formula is C17H19N3O3S. The van der Waals surface area contributed by atoms with Crippen LogP contribution in [0.4, 0.5) is 0 Å². The van der Waals surface area contributed by atoms with E-state index in [0.717, 1.165) is 25.0 Å². The highest BCUT2D eigenvalue weighted by Gasteiger charge is 2.16. The molecule has 24 heavy (non-hydrogen) atoms. The van der Waals surface area contributed by atoms with Crippen molar-refractivity contribution in [3.8, 4) is 11.6 Å². The Morgan fingerprint density at radius 1 is 1.50 bits per heavy atom. The minimum absolute atomic E-state index is 0.0872. The molecule has 2 heterocycles. The van der Waals surface area contributed by atoms with Crippen LogP contribution in [-0.4, -0.2) is 40.1 Å². The maximum atomic E-state index is 12.1. The molecule has 2 aromatic rings. The summed E-state index contributed by atoms with van der Waals surface area (Å²) in [7, 11) is 0. The number of benzene rings is 1. The largest absolute Gasteiger partial charge is 0.494 e. The van der Waals surface area contributed by atoms with E-state index in [9.17, 15) is 9.90 Å². The molecule has 1 fully saturated rings. The Kier molecular flexibility index (Phi) is 4.92. The van der Waals surface area contributed by atoms with Crippen LogP contribution in [-0.2, 0) is 4.74 Å². The first-order valence-corrected chi connectivity index (χ1v) is 8.24. The predicted octanol–water partition coefficient (Wildman–Crippen LogP) is 2.51. The van der Waals surface area contributed by atoms with Gasteiger partial charge in [0.1, 0.15) is 5.56 Å². The van der Waals surface area contributed by atoms with E-state index in [1.165, 1.54) is 10.8 Å². The van der Waals surface area contributed by atoms with Crippen LogP contribution < -0.4 is 5.56 Å². The van der Waals surface area contributed by atoms with Gasteiger partial charge in [-0.1, -0.05) is 18.2 Å². The van der Waals surface area contributed by atoms with Gasteiger partial charge >= 0.3 is 0 Å². The number of aromatic nitrogens is 2. The third kappa shape index (κ3) is 3.32. The van der Waals surface area contributed by atoms with Crippen molar-refractivity contribution in [2.45, 2.75) is 25.9 Å². The van der Waals surface area contributed by atoms with Gasteiger partial charge in [-0.3, -0.25) is 19.3 Å². The molecule has 7 heteroatoms. The van der Waals surface area contributed by atoms with Crippen molar-refractivity contribution >= 4 is 18.4 Å². The van der Waals surface area contributed by atoms with Crippen LogP contribution in [0.3, 0.4) is 0 Å². The maximum absolute atomic E-state index is 12.1. The molecule has 1 saturated heterocycles. The number of ether oxygens (including phenoxy) is 1. The number of aromatic amines is 1. The molecule has 1 aliphatic heterocycles. The number of nitrogens with one attached hydrogen (secondary N) is 1. The van der Waals surface area contributed by atoms with Gasteiger partial charge in [0.05, 0.1) is 18.3 Å². The monoisotopic (exact) mass is 345 g/mol. The van der Waals surface area contributed by atoms with Crippen molar-refractivity contribution in [1.82, 2.24) is 9.55 Å². The molecular weight excluding hydrogens is 326 g/mol. The van der Waals surface area contributed by atoms with Gasteiger partial charge in [-0.05, 0) is 43.6 Å². The number of hydrogen-bond acceptors (Lipinski definition) is 5. The second-order valence-corrected chi connectivity index (χ2v) is 6.13. The molecule has 0 saturated carbocycles. The molecule has 0 radical (unpaired) electrons. The van der Waals surface area contributed by atoms with Crippen LogP contribution in [0.5, 0.6) is 5.88 Å². The summed E-state index contributed by atoms with van der Waals surface area (Å²) in [6.07, 6.45) is 3.47. The zero-order valence-corrected chi connectivity index (χ0v) is 14.2. The molecule has 0 unspecified atom stereocenters. The average Bonchev–Trinajstić information content (AvgIpc) is 3.05. The van der Waals surface area contributed by atoms with Crippen LogP contribution >= 0.6 is 12.2 Å². The van der Waals surface area contributed by atoms with Gasteiger partial charge in [0.15, 0.2) is 4.77 Å². The highest BCUT2D eigenvalue weighted by Crippen LogP contribution is 2.21. The minimum Gasteiger partial charge on any atom is -0.494 e. The first kappa shape index (κ1) is 16.6. The van der Waals surface area contributed by atoms with Crippen LogP contribution in [0.25, 0.3) is 5.69 Å². The van der Waals surface area contributed by atoms with Crippen LogP contribution in [0.2, 0.25) is 0 Å². The molecule has 0 bridgehead atoms. The van der Waals surface area contributed by atoms with Gasteiger partial charge < -0.3 is 9.84 Å². The van der Waals surface area contributed by atoms with E-state index < -0.39 is 5.56 Å². The summed E-state index contributed by atoms with van der Waals surface area (Å²) in [5.41, 5.74) is 1.27. The molecule has 1 aliphatic rings. The lowest BCUT2D eigenvalue weighted by Crippen LogP contribution is -2.19. The van der Waals surface area contributed by atoms with E-state index in [1.54, 1.807) is 0 Å². The first-order valence-electron chi connectivity index (χ1n) is 7.83. The molecule has 2 N–H and O–H groups in total. The van der Waals surface area contributed by atoms with E-state index in [1.807, 2.05) is 31.2 Å². The van der Waals surface area contributed by atoms with Crippen LogP contribution in [0.1, 0.15) is 24.0 Å². The van der Waals surface area contributed by atoms with E-state index in [4.69, 9.17) is 17.0 Å². The number of aromatic hydroxyl groups is 1. The highest BCUT2D eigenvalue weighted by molar-refractivity contribution is 7.71. The Labute approximate surface area is 144 Å². The van der Waals surface area contributed by atoms with E-state index >= 15 is 0 Å². The van der Waals surface area contributed by atoms with Gasteiger partial charge in [-0.25, -0.2) is 0 Å². The average molecular weight is 345 g/mol. The molecule has 1 aromatic heterocycles. The fourth-order valence-corrected chi connectivity index (χ4v) is 3.02. The fourth-order valence-electron chi connectivity index (χ4n) is 2.74. The lowest BCUT2D eigenvalue weighted by Gasteiger charge is -2.13. The summed E-state index contributed by atoms with van der Waals surface area (Å²) in [6, 6.07) is 7.48. The highest BCUT2D eigenvalue weighted by atomic mass is 32.1. The van der Waals surface area contributed by atoms with Crippen molar-refractivity contribution < 1.29 is 9.84 Å². The van der Waals surface area contributed by atoms with Crippen molar-refractivity contribution in [1.29, 1.82) is 0 Å². The standard InChI is InChI=1S/C17H19N3O3S/c1-11-5-2-3-7-14(11)20-16(22)13(15(21)19-17(20)24)10-18-9-12-6-4-8-23-12/h2-3,5,7,10,12,22H,4,6,8-9H2,1H3,(H,19,21,24)/t12-/m1/s1. The summed E-state index contributed by atoms with van der Waals surface area (Å²) < 4.78 is 7.08. The Morgan fingerprint density at radius 2 is 2.29 bits per heavy atom. The number of rotatable bonds is 4. The quantitative estimate of drug-likeness (QED) is 0.659. The third-order valence-corrected chi connectivity index (χ3v) is 4.32. The zero-order chi connectivity index (χ0) is 17.1.